The van der Waals surface area contributed by atoms with Gasteiger partial charge in [0.25, 0.3) is 6.79 Å². The van der Waals surface area contributed by atoms with E-state index in [9.17, 15) is 14.8 Å². The fraction of sp³-hybridized carbons (Fsp3) is 0.750. The van der Waals surface area contributed by atoms with Crippen LogP contribution in [0.4, 0.5) is 0 Å². The minimum absolute atomic E-state index is 0.0352. The first kappa shape index (κ1) is 14.9. The number of carboxylic acids is 1. The van der Waals surface area contributed by atoms with Crippen molar-refractivity contribution in [2.24, 2.45) is 5.28 Å². The number of hydrogen-bond acceptors (Lipinski definition) is 6. The van der Waals surface area contributed by atoms with Gasteiger partial charge in [0.05, 0.1) is 18.6 Å². The van der Waals surface area contributed by atoms with Gasteiger partial charge < -0.3 is 19.9 Å². The van der Waals surface area contributed by atoms with Crippen molar-refractivity contribution in [3.63, 3.8) is 0 Å². The van der Waals surface area contributed by atoms with Crippen molar-refractivity contribution >= 4 is 11.9 Å². The van der Waals surface area contributed by atoms with Crippen LogP contribution in [0.2, 0.25) is 0 Å². The van der Waals surface area contributed by atoms with Gasteiger partial charge in [0.15, 0.2) is 0 Å². The Morgan fingerprint density at radius 1 is 1.53 bits per heavy atom. The predicted octanol–water partition coefficient (Wildman–Crippen LogP) is 0.113. The van der Waals surface area contributed by atoms with Crippen LogP contribution in [0.1, 0.15) is 19.8 Å². The van der Waals surface area contributed by atoms with Crippen LogP contribution in [0.25, 0.3) is 0 Å². The van der Waals surface area contributed by atoms with Gasteiger partial charge in [-0.3, -0.25) is 9.59 Å². The number of carbonyl (C=O) groups excluding carboxylic acids is 1. The molecule has 0 spiro atoms. The number of aliphatic carboxylic acids is 1. The lowest BCUT2D eigenvalue weighted by Crippen LogP contribution is -2.28. The number of hydrogen-bond donors (Lipinski definition) is 1. The normalized spacial score (nSPS) is 10.8. The fourth-order valence-corrected chi connectivity index (χ4v) is 0.789. The average Bonchev–Trinajstić information content (AvgIpc) is 2.23. The van der Waals surface area contributed by atoms with Gasteiger partial charge in [0.1, 0.15) is 0 Å². The summed E-state index contributed by atoms with van der Waals surface area (Å²) in [7, 11) is 1.42. The first-order valence-corrected chi connectivity index (χ1v) is 4.80. The molecular formula is C8H15N3O6. The summed E-state index contributed by atoms with van der Waals surface area (Å²) < 4.78 is 4.37. The molecule has 1 N–H and O–H groups in total. The molecule has 0 aliphatic carbocycles. The molecule has 0 rings (SSSR count). The maximum Gasteiger partial charge on any atom is 0.305 e. The lowest BCUT2D eigenvalue weighted by molar-refractivity contribution is -0.706. The number of nitrogens with zero attached hydrogens (tertiary/aromatic N) is 3. The summed E-state index contributed by atoms with van der Waals surface area (Å²) in [5, 5.41) is 23.7. The van der Waals surface area contributed by atoms with Crippen LogP contribution in [0.5, 0.6) is 0 Å². The second-order valence-corrected chi connectivity index (χ2v) is 3.10. The number of hydrazine groups is 1. The molecule has 0 unspecified atom stereocenters. The second-order valence-electron chi connectivity index (χ2n) is 3.10. The van der Waals surface area contributed by atoms with Gasteiger partial charge in [0.2, 0.25) is 5.28 Å². The minimum atomic E-state index is -0.932. The summed E-state index contributed by atoms with van der Waals surface area (Å²) in [6.45, 7) is 0.962. The fourth-order valence-electron chi connectivity index (χ4n) is 0.789. The molecule has 17 heavy (non-hydrogen) atoms. The number of carboxylic acid groups (broad SMARTS) is 1. The number of carbonyl (C=O) groups is 2. The second kappa shape index (κ2) is 8.13. The van der Waals surface area contributed by atoms with E-state index >= 15 is 0 Å². The van der Waals surface area contributed by atoms with E-state index in [-0.39, 0.29) is 17.9 Å². The summed E-state index contributed by atoms with van der Waals surface area (Å²) in [5.41, 5.74) is 0. The molecule has 98 valence electrons. The Bertz CT molecular complexity index is 293. The van der Waals surface area contributed by atoms with Crippen molar-refractivity contribution in [3.05, 3.63) is 5.21 Å². The molecule has 0 aromatic carbocycles. The lowest BCUT2D eigenvalue weighted by Gasteiger charge is -2.11. The zero-order chi connectivity index (χ0) is 13.3. The minimum Gasteiger partial charge on any atom is -0.569 e. The summed E-state index contributed by atoms with van der Waals surface area (Å²) in [6, 6.07) is 0. The van der Waals surface area contributed by atoms with E-state index in [1.165, 1.54) is 14.0 Å². The maximum atomic E-state index is 11.1. The van der Waals surface area contributed by atoms with E-state index in [0.717, 1.165) is 5.01 Å². The largest absolute Gasteiger partial charge is 0.569 e. The van der Waals surface area contributed by atoms with E-state index < -0.39 is 18.7 Å². The Morgan fingerprint density at radius 2 is 2.18 bits per heavy atom. The zero-order valence-electron chi connectivity index (χ0n) is 9.66. The van der Waals surface area contributed by atoms with Gasteiger partial charge in [-0.2, -0.15) is 0 Å². The van der Waals surface area contributed by atoms with Crippen LogP contribution in [-0.4, -0.2) is 47.4 Å². The highest BCUT2D eigenvalue weighted by atomic mass is 16.8. The molecule has 0 saturated heterocycles. The van der Waals surface area contributed by atoms with Crippen LogP contribution in [0, 0.1) is 5.21 Å². The summed E-state index contributed by atoms with van der Waals surface area (Å²) in [5.74, 6) is -1.48. The van der Waals surface area contributed by atoms with Crippen molar-refractivity contribution in [1.29, 1.82) is 0 Å². The molecule has 0 amide bonds. The Labute approximate surface area is 97.7 Å². The molecule has 0 fully saturated rings. The van der Waals surface area contributed by atoms with Gasteiger partial charge in [-0.05, 0) is 6.42 Å². The van der Waals surface area contributed by atoms with Gasteiger partial charge in [-0.15, -0.1) is 5.01 Å². The Kier molecular flexibility index (Phi) is 7.15. The van der Waals surface area contributed by atoms with E-state index in [1.807, 2.05) is 0 Å². The summed E-state index contributed by atoms with van der Waals surface area (Å²) in [6.07, 6.45) is 0.274. The summed E-state index contributed by atoms with van der Waals surface area (Å²) >= 11 is 0. The van der Waals surface area contributed by atoms with Crippen LogP contribution in [0.3, 0.4) is 0 Å². The number of ether oxygens (including phenoxy) is 1. The molecular weight excluding hydrogens is 234 g/mol. The molecule has 0 aromatic heterocycles. The standard InChI is InChI=1S/C8H15N3O6/c1-7(12)16-6-17-9-11(15)10(2)5-3-4-8(13)14/h3-6H2,1-2H3,(H,13,14). The Hall–Kier alpha value is -2.06. The molecule has 0 atom stereocenters. The zero-order valence-corrected chi connectivity index (χ0v) is 9.66. The monoisotopic (exact) mass is 249 g/mol. The van der Waals surface area contributed by atoms with Gasteiger partial charge in [-0.1, -0.05) is 0 Å². The maximum absolute atomic E-state index is 11.1. The Morgan fingerprint density at radius 3 is 2.71 bits per heavy atom. The highest BCUT2D eigenvalue weighted by molar-refractivity contribution is 5.66. The number of esters is 1. The van der Waals surface area contributed by atoms with Crippen LogP contribution in [-0.2, 0) is 19.2 Å². The molecule has 0 aliphatic rings. The third-order valence-corrected chi connectivity index (χ3v) is 1.61. The molecule has 0 saturated carbocycles. The topological polar surface area (TPSA) is 114 Å². The van der Waals surface area contributed by atoms with E-state index in [1.54, 1.807) is 0 Å². The summed E-state index contributed by atoms with van der Waals surface area (Å²) in [4.78, 5) is 25.1. The third-order valence-electron chi connectivity index (χ3n) is 1.61. The van der Waals surface area contributed by atoms with Crippen molar-refractivity contribution < 1.29 is 29.2 Å². The van der Waals surface area contributed by atoms with Crippen LogP contribution >= 0.6 is 0 Å². The quantitative estimate of drug-likeness (QED) is 0.162. The number of rotatable bonds is 8. The SMILES string of the molecule is CC(=O)OCON=[N+]([O-])N(C)CCCC(=O)O. The van der Waals surface area contributed by atoms with Gasteiger partial charge in [0, 0.05) is 13.3 Å². The molecule has 9 heteroatoms. The highest BCUT2D eigenvalue weighted by Crippen LogP contribution is 1.94. The van der Waals surface area contributed by atoms with Gasteiger partial charge >= 0.3 is 11.9 Å². The molecule has 0 bridgehead atoms. The first-order valence-electron chi connectivity index (χ1n) is 4.80. The van der Waals surface area contributed by atoms with E-state index in [2.05, 4.69) is 14.9 Å². The molecule has 0 radical (unpaired) electrons. The van der Waals surface area contributed by atoms with Crippen molar-refractivity contribution in [2.75, 3.05) is 20.4 Å². The van der Waals surface area contributed by atoms with Crippen molar-refractivity contribution in [2.45, 2.75) is 19.8 Å². The van der Waals surface area contributed by atoms with Crippen molar-refractivity contribution in [1.82, 2.24) is 5.01 Å². The smallest absolute Gasteiger partial charge is 0.305 e. The lowest BCUT2D eigenvalue weighted by atomic mass is 10.3. The molecule has 0 aliphatic heterocycles. The van der Waals surface area contributed by atoms with E-state index in [4.69, 9.17) is 5.11 Å². The van der Waals surface area contributed by atoms with Crippen LogP contribution < -0.4 is 0 Å². The third kappa shape index (κ3) is 8.90. The molecule has 0 heterocycles. The molecule has 9 nitrogen and oxygen atoms in total. The first-order chi connectivity index (χ1) is 7.93. The highest BCUT2D eigenvalue weighted by Gasteiger charge is 2.07. The predicted molar refractivity (Wildman–Crippen MR) is 53.3 cm³/mol. The average molecular weight is 249 g/mol. The molecule has 0 aromatic rings. The van der Waals surface area contributed by atoms with Crippen LogP contribution in [0.15, 0.2) is 5.28 Å². The van der Waals surface area contributed by atoms with Crippen molar-refractivity contribution in [3.8, 4) is 0 Å². The van der Waals surface area contributed by atoms with Gasteiger partial charge in [-0.25, -0.2) is 0 Å². The Balaban J connectivity index is 3.78. The van der Waals surface area contributed by atoms with E-state index in [0.29, 0.717) is 6.42 Å².